The summed E-state index contributed by atoms with van der Waals surface area (Å²) in [6.45, 7) is 3.87. The molecule has 4 heteroatoms. The van der Waals surface area contributed by atoms with Gasteiger partial charge in [0.1, 0.15) is 0 Å². The number of anilines is 1. The smallest absolute Gasteiger partial charge is 0.228 e. The number of carbonyl (C=O) groups is 1. The Hall–Kier alpha value is -2.10. The van der Waals surface area contributed by atoms with Crippen molar-refractivity contribution in [3.63, 3.8) is 0 Å². The van der Waals surface area contributed by atoms with E-state index in [0.29, 0.717) is 11.4 Å². The molecule has 1 aliphatic heterocycles. The van der Waals surface area contributed by atoms with Gasteiger partial charge in [0.25, 0.3) is 0 Å². The number of fused-ring (bicyclic) bond motifs is 1. The maximum atomic E-state index is 12.5. The number of nitrogens with zero attached hydrogens (tertiary/aromatic N) is 2. The first-order chi connectivity index (χ1) is 9.29. The van der Waals surface area contributed by atoms with Gasteiger partial charge in [0, 0.05) is 36.7 Å². The fourth-order valence-corrected chi connectivity index (χ4v) is 2.50. The lowest BCUT2D eigenvalue weighted by Gasteiger charge is -2.07. The summed E-state index contributed by atoms with van der Waals surface area (Å²) >= 11 is 0. The van der Waals surface area contributed by atoms with Crippen molar-refractivity contribution in [1.82, 2.24) is 9.55 Å². The first-order valence-corrected chi connectivity index (χ1v) is 6.72. The van der Waals surface area contributed by atoms with Gasteiger partial charge in [-0.25, -0.2) is 4.98 Å². The fraction of sp³-hybridized carbons (Fsp3) is 0.333. The van der Waals surface area contributed by atoms with Crippen LogP contribution < -0.4 is 5.32 Å². The predicted molar refractivity (Wildman–Crippen MR) is 74.6 cm³/mol. The second-order valence-electron chi connectivity index (χ2n) is 4.82. The van der Waals surface area contributed by atoms with Gasteiger partial charge in [0.15, 0.2) is 5.82 Å². The molecule has 0 saturated heterocycles. The Kier molecular flexibility index (Phi) is 3.07. The highest BCUT2D eigenvalue weighted by Gasteiger charge is 2.18. The molecule has 0 atom stereocenters. The van der Waals surface area contributed by atoms with Gasteiger partial charge in [-0.05, 0) is 24.5 Å². The van der Waals surface area contributed by atoms with Gasteiger partial charge in [-0.2, -0.15) is 0 Å². The van der Waals surface area contributed by atoms with Crippen molar-refractivity contribution >= 4 is 11.5 Å². The molecule has 0 saturated carbocycles. The standard InChI is InChI=1S/C15H17N3O/c1-2-8-18-9-7-17-15(18)14(19)12-4-3-11-5-6-16-13(11)10-12/h3-4,7,9-10,16H,2,5-6,8H2,1H3. The Balaban J connectivity index is 1.93. The molecule has 2 heterocycles. The number of rotatable bonds is 4. The molecule has 1 aromatic carbocycles. The van der Waals surface area contributed by atoms with Gasteiger partial charge < -0.3 is 9.88 Å². The van der Waals surface area contributed by atoms with Crippen LogP contribution in [0.3, 0.4) is 0 Å². The minimum atomic E-state index is -0.00468. The number of aromatic nitrogens is 2. The number of nitrogens with one attached hydrogen (secondary N) is 1. The van der Waals surface area contributed by atoms with Crippen LogP contribution in [0, 0.1) is 0 Å². The molecule has 1 aromatic heterocycles. The Labute approximate surface area is 112 Å². The molecule has 2 aromatic rings. The second-order valence-corrected chi connectivity index (χ2v) is 4.82. The van der Waals surface area contributed by atoms with Crippen molar-refractivity contribution in [1.29, 1.82) is 0 Å². The van der Waals surface area contributed by atoms with Crippen LogP contribution in [0.4, 0.5) is 5.69 Å². The monoisotopic (exact) mass is 255 g/mol. The van der Waals surface area contributed by atoms with Crippen LogP contribution in [0.25, 0.3) is 0 Å². The van der Waals surface area contributed by atoms with E-state index < -0.39 is 0 Å². The van der Waals surface area contributed by atoms with Crippen molar-refractivity contribution in [2.45, 2.75) is 26.3 Å². The third-order valence-electron chi connectivity index (χ3n) is 3.46. The lowest BCUT2D eigenvalue weighted by Crippen LogP contribution is -2.11. The summed E-state index contributed by atoms with van der Waals surface area (Å²) < 4.78 is 1.92. The summed E-state index contributed by atoms with van der Waals surface area (Å²) in [4.78, 5) is 16.7. The van der Waals surface area contributed by atoms with Gasteiger partial charge in [-0.1, -0.05) is 19.1 Å². The highest BCUT2D eigenvalue weighted by atomic mass is 16.1. The molecule has 0 bridgehead atoms. The number of benzene rings is 1. The molecule has 0 radical (unpaired) electrons. The third-order valence-corrected chi connectivity index (χ3v) is 3.46. The van der Waals surface area contributed by atoms with Crippen molar-refractivity contribution in [3.05, 3.63) is 47.5 Å². The summed E-state index contributed by atoms with van der Waals surface area (Å²) in [6.07, 6.45) is 5.58. The van der Waals surface area contributed by atoms with E-state index >= 15 is 0 Å². The summed E-state index contributed by atoms with van der Waals surface area (Å²) in [6, 6.07) is 5.88. The normalized spacial score (nSPS) is 13.1. The van der Waals surface area contributed by atoms with E-state index in [4.69, 9.17) is 0 Å². The topological polar surface area (TPSA) is 46.9 Å². The Morgan fingerprint density at radius 1 is 1.47 bits per heavy atom. The van der Waals surface area contributed by atoms with Crippen LogP contribution in [0.2, 0.25) is 0 Å². The number of aryl methyl sites for hydroxylation is 1. The van der Waals surface area contributed by atoms with Crippen LogP contribution in [-0.4, -0.2) is 21.9 Å². The molecule has 0 spiro atoms. The van der Waals surface area contributed by atoms with E-state index in [1.165, 1.54) is 5.56 Å². The Morgan fingerprint density at radius 2 is 2.37 bits per heavy atom. The largest absolute Gasteiger partial charge is 0.384 e. The molecule has 0 amide bonds. The first kappa shape index (κ1) is 12.0. The SMILES string of the molecule is CCCn1ccnc1C(=O)c1ccc2c(c1)NCC2. The lowest BCUT2D eigenvalue weighted by atomic mass is 10.1. The maximum Gasteiger partial charge on any atom is 0.228 e. The van der Waals surface area contributed by atoms with Gasteiger partial charge in [-0.15, -0.1) is 0 Å². The number of imidazole rings is 1. The zero-order valence-electron chi connectivity index (χ0n) is 11.0. The summed E-state index contributed by atoms with van der Waals surface area (Å²) in [5, 5.41) is 3.30. The molecule has 1 N–H and O–H groups in total. The number of carbonyl (C=O) groups excluding carboxylic acids is 1. The average Bonchev–Trinajstić information content (AvgIpc) is 3.05. The van der Waals surface area contributed by atoms with E-state index in [1.54, 1.807) is 6.20 Å². The van der Waals surface area contributed by atoms with E-state index in [1.807, 2.05) is 29.0 Å². The van der Waals surface area contributed by atoms with Gasteiger partial charge in [-0.3, -0.25) is 4.79 Å². The highest BCUT2D eigenvalue weighted by Crippen LogP contribution is 2.24. The Bertz CT molecular complexity index is 616. The molecule has 3 rings (SSSR count). The number of hydrogen-bond donors (Lipinski definition) is 1. The first-order valence-electron chi connectivity index (χ1n) is 6.72. The molecule has 0 unspecified atom stereocenters. The van der Waals surface area contributed by atoms with Crippen LogP contribution in [0.1, 0.15) is 35.1 Å². The lowest BCUT2D eigenvalue weighted by molar-refractivity contribution is 0.102. The fourth-order valence-electron chi connectivity index (χ4n) is 2.50. The van der Waals surface area contributed by atoms with Crippen molar-refractivity contribution in [2.24, 2.45) is 0 Å². The van der Waals surface area contributed by atoms with Gasteiger partial charge in [0.2, 0.25) is 5.78 Å². The van der Waals surface area contributed by atoms with Gasteiger partial charge in [0.05, 0.1) is 0 Å². The van der Waals surface area contributed by atoms with Gasteiger partial charge >= 0.3 is 0 Å². The molecule has 19 heavy (non-hydrogen) atoms. The van der Waals surface area contributed by atoms with Crippen molar-refractivity contribution in [3.8, 4) is 0 Å². The van der Waals surface area contributed by atoms with E-state index in [0.717, 1.165) is 31.6 Å². The molecule has 1 aliphatic rings. The highest BCUT2D eigenvalue weighted by molar-refractivity contribution is 6.07. The average molecular weight is 255 g/mol. The summed E-state index contributed by atoms with van der Waals surface area (Å²) in [5.74, 6) is 0.523. The molecular formula is C15H17N3O. The van der Waals surface area contributed by atoms with Crippen molar-refractivity contribution in [2.75, 3.05) is 11.9 Å². The maximum absolute atomic E-state index is 12.5. The quantitative estimate of drug-likeness (QED) is 0.854. The van der Waals surface area contributed by atoms with E-state index in [9.17, 15) is 4.79 Å². The molecule has 98 valence electrons. The van der Waals surface area contributed by atoms with Crippen LogP contribution >= 0.6 is 0 Å². The third kappa shape index (κ3) is 2.14. The van der Waals surface area contributed by atoms with E-state index in [2.05, 4.69) is 17.2 Å². The molecule has 0 aliphatic carbocycles. The molecule has 0 fully saturated rings. The summed E-state index contributed by atoms with van der Waals surface area (Å²) in [7, 11) is 0. The minimum Gasteiger partial charge on any atom is -0.384 e. The molecule has 4 nitrogen and oxygen atoms in total. The number of ketones is 1. The summed E-state index contributed by atoms with van der Waals surface area (Å²) in [5.41, 5.74) is 3.07. The van der Waals surface area contributed by atoms with Crippen molar-refractivity contribution < 1.29 is 4.79 Å². The van der Waals surface area contributed by atoms with Crippen LogP contribution in [0.15, 0.2) is 30.6 Å². The zero-order chi connectivity index (χ0) is 13.2. The predicted octanol–water partition coefficient (Wildman–Crippen LogP) is 2.49. The molecular weight excluding hydrogens is 238 g/mol. The van der Waals surface area contributed by atoms with Crippen LogP contribution in [0.5, 0.6) is 0 Å². The zero-order valence-corrected chi connectivity index (χ0v) is 11.0. The second kappa shape index (κ2) is 4.88. The Morgan fingerprint density at radius 3 is 3.21 bits per heavy atom. The van der Waals surface area contributed by atoms with Crippen LogP contribution in [-0.2, 0) is 13.0 Å². The number of hydrogen-bond acceptors (Lipinski definition) is 3. The minimum absolute atomic E-state index is 0.00468. The van der Waals surface area contributed by atoms with E-state index in [-0.39, 0.29) is 5.78 Å².